The lowest BCUT2D eigenvalue weighted by molar-refractivity contribution is 0.0397. The molecule has 0 saturated carbocycles. The first kappa shape index (κ1) is 30.7. The summed E-state index contributed by atoms with van der Waals surface area (Å²) in [5.41, 5.74) is -0.0153. The summed E-state index contributed by atoms with van der Waals surface area (Å²) in [7, 11) is -8.02. The number of alkyl carbamates (subject to hydrolysis) is 1. The Labute approximate surface area is 219 Å². The molecule has 0 radical (unpaired) electrons. The van der Waals surface area contributed by atoms with E-state index in [2.05, 4.69) is 9.50 Å². The largest absolute Gasteiger partial charge is 0.444 e. The van der Waals surface area contributed by atoms with Crippen LogP contribution in [-0.4, -0.2) is 70.5 Å². The molecule has 12 heteroatoms. The van der Waals surface area contributed by atoms with Crippen LogP contribution in [-0.2, 0) is 40.2 Å². The van der Waals surface area contributed by atoms with Crippen LogP contribution in [0.2, 0.25) is 0 Å². The molecular formula is C25H35NO9S2. The number of hydrogen-bond acceptors (Lipinski definition) is 9. The van der Waals surface area contributed by atoms with Gasteiger partial charge in [-0.2, -0.15) is 8.42 Å². The van der Waals surface area contributed by atoms with Gasteiger partial charge in [-0.05, 0) is 44.9 Å². The van der Waals surface area contributed by atoms with Crippen molar-refractivity contribution in [1.82, 2.24) is 5.32 Å². The van der Waals surface area contributed by atoms with Gasteiger partial charge in [-0.25, -0.2) is 13.2 Å². The molecule has 0 saturated heterocycles. The number of nitrogens with one attached hydrogen (secondary N) is 1. The summed E-state index contributed by atoms with van der Waals surface area (Å²) in [5, 5.41) is 11.7. The van der Waals surface area contributed by atoms with Crippen LogP contribution in [0, 0.1) is 0 Å². The third-order valence-electron chi connectivity index (χ3n) is 5.01. The van der Waals surface area contributed by atoms with E-state index in [0.29, 0.717) is 0 Å². The van der Waals surface area contributed by atoms with Gasteiger partial charge < -0.3 is 19.9 Å². The molecule has 0 fully saturated rings. The molecule has 0 aromatic heterocycles. The van der Waals surface area contributed by atoms with Gasteiger partial charge in [0.05, 0.1) is 48.4 Å². The molecule has 0 heterocycles. The van der Waals surface area contributed by atoms with Crippen molar-refractivity contribution in [1.29, 1.82) is 0 Å². The van der Waals surface area contributed by atoms with Crippen molar-refractivity contribution >= 4 is 26.0 Å². The molecule has 3 atom stereocenters. The molecule has 2 aromatic rings. The van der Waals surface area contributed by atoms with E-state index in [1.807, 2.05) is 30.3 Å². The smallest absolute Gasteiger partial charge is 0.407 e. The number of sulfone groups is 1. The van der Waals surface area contributed by atoms with E-state index in [1.54, 1.807) is 39.0 Å². The van der Waals surface area contributed by atoms with Crippen LogP contribution in [0.15, 0.2) is 65.6 Å². The van der Waals surface area contributed by atoms with Gasteiger partial charge in [0.15, 0.2) is 9.84 Å². The lowest BCUT2D eigenvalue weighted by Crippen LogP contribution is -2.52. The van der Waals surface area contributed by atoms with Crippen LogP contribution in [0.4, 0.5) is 4.79 Å². The first-order chi connectivity index (χ1) is 17.2. The highest BCUT2D eigenvalue weighted by molar-refractivity contribution is 7.92. The van der Waals surface area contributed by atoms with Crippen LogP contribution >= 0.6 is 0 Å². The Balaban J connectivity index is 2.38. The Kier molecular flexibility index (Phi) is 11.1. The van der Waals surface area contributed by atoms with Crippen LogP contribution in [0.1, 0.15) is 32.8 Å². The normalized spacial score (nSPS) is 14.9. The minimum atomic E-state index is -4.15. The second kappa shape index (κ2) is 13.3. The van der Waals surface area contributed by atoms with Gasteiger partial charge in [-0.15, -0.1) is 0 Å². The van der Waals surface area contributed by atoms with E-state index in [4.69, 9.17) is 9.47 Å². The zero-order chi connectivity index (χ0) is 27.7. The summed E-state index contributed by atoms with van der Waals surface area (Å²) >= 11 is 0. The molecule has 1 amide bonds. The summed E-state index contributed by atoms with van der Waals surface area (Å²) in [6, 6.07) is 15.6. The SMILES string of the molecule is CC(C)(C)OC(=O)N[C@H](COCc1ccccc1)C(C[C@@H](O)COS(C)(=O)=O)S(=O)(=O)c1ccccc1. The Bertz CT molecular complexity index is 1200. The van der Waals surface area contributed by atoms with Gasteiger partial charge in [0, 0.05) is 0 Å². The fraction of sp³-hybridized carbons (Fsp3) is 0.480. The van der Waals surface area contributed by atoms with Gasteiger partial charge in [0.2, 0.25) is 0 Å². The monoisotopic (exact) mass is 557 g/mol. The van der Waals surface area contributed by atoms with E-state index in [0.717, 1.165) is 11.8 Å². The maximum Gasteiger partial charge on any atom is 0.407 e. The van der Waals surface area contributed by atoms with Crippen molar-refractivity contribution < 1.29 is 40.4 Å². The van der Waals surface area contributed by atoms with E-state index >= 15 is 0 Å². The number of benzene rings is 2. The number of carbonyl (C=O) groups excluding carboxylic acids is 1. The molecule has 0 aliphatic heterocycles. The van der Waals surface area contributed by atoms with Gasteiger partial charge in [0.25, 0.3) is 10.1 Å². The van der Waals surface area contributed by atoms with Crippen molar-refractivity contribution in [2.75, 3.05) is 19.5 Å². The van der Waals surface area contributed by atoms with E-state index in [-0.39, 0.29) is 18.1 Å². The van der Waals surface area contributed by atoms with Crippen molar-refractivity contribution in [3.63, 3.8) is 0 Å². The minimum Gasteiger partial charge on any atom is -0.444 e. The summed E-state index contributed by atoms with van der Waals surface area (Å²) in [4.78, 5) is 12.6. The fourth-order valence-electron chi connectivity index (χ4n) is 3.41. The Morgan fingerprint density at radius 1 is 0.946 bits per heavy atom. The average Bonchev–Trinajstić information content (AvgIpc) is 2.80. The van der Waals surface area contributed by atoms with Gasteiger partial charge in [0.1, 0.15) is 5.60 Å². The molecular weight excluding hydrogens is 522 g/mol. The Morgan fingerprint density at radius 3 is 2.05 bits per heavy atom. The standard InChI is InChI=1S/C25H35NO9S2/c1-25(2,3)35-24(28)26-22(18-33-16-19-11-7-5-8-12-19)23(15-20(27)17-34-36(4,29)30)37(31,32)21-13-9-6-10-14-21/h5-14,20,22-23,27H,15-18H2,1-4H3,(H,26,28)/t20-,22-,23?/m1/s1. The molecule has 2 rings (SSSR count). The predicted octanol–water partition coefficient (Wildman–Crippen LogP) is 2.67. The molecule has 0 bridgehead atoms. The van der Waals surface area contributed by atoms with Crippen molar-refractivity contribution in [2.45, 2.75) is 61.7 Å². The third kappa shape index (κ3) is 11.2. The quantitative estimate of drug-likeness (QED) is 0.355. The topological polar surface area (TPSA) is 145 Å². The Morgan fingerprint density at radius 2 is 1.51 bits per heavy atom. The maximum atomic E-state index is 13.7. The lowest BCUT2D eigenvalue weighted by Gasteiger charge is -2.30. The van der Waals surface area contributed by atoms with Crippen LogP contribution in [0.25, 0.3) is 0 Å². The predicted molar refractivity (Wildman–Crippen MR) is 138 cm³/mol. The Hall–Kier alpha value is -2.51. The summed E-state index contributed by atoms with van der Waals surface area (Å²) in [5.74, 6) is 0. The molecule has 0 aliphatic rings. The number of ether oxygens (including phenoxy) is 2. The number of rotatable bonds is 13. The molecule has 0 aliphatic carbocycles. The molecule has 37 heavy (non-hydrogen) atoms. The first-order valence-corrected chi connectivity index (χ1v) is 15.0. The number of aliphatic hydroxyl groups excluding tert-OH is 1. The second-order valence-electron chi connectivity index (χ2n) is 9.53. The number of aliphatic hydroxyl groups is 1. The molecule has 206 valence electrons. The van der Waals surface area contributed by atoms with Crippen molar-refractivity contribution in [3.05, 3.63) is 66.2 Å². The zero-order valence-corrected chi connectivity index (χ0v) is 23.0. The van der Waals surface area contributed by atoms with Gasteiger partial charge >= 0.3 is 6.09 Å². The maximum absolute atomic E-state index is 13.7. The van der Waals surface area contributed by atoms with Crippen LogP contribution in [0.3, 0.4) is 0 Å². The molecule has 10 nitrogen and oxygen atoms in total. The fourth-order valence-corrected chi connectivity index (χ4v) is 5.75. The highest BCUT2D eigenvalue weighted by Crippen LogP contribution is 2.24. The second-order valence-corrected chi connectivity index (χ2v) is 13.3. The highest BCUT2D eigenvalue weighted by Gasteiger charge is 2.38. The number of carbonyl (C=O) groups is 1. The van der Waals surface area contributed by atoms with Crippen LogP contribution in [0.5, 0.6) is 0 Å². The highest BCUT2D eigenvalue weighted by atomic mass is 32.2. The van der Waals surface area contributed by atoms with E-state index in [9.17, 15) is 26.7 Å². The summed E-state index contributed by atoms with van der Waals surface area (Å²) in [6.45, 7) is 4.26. The van der Waals surface area contributed by atoms with E-state index in [1.165, 1.54) is 12.1 Å². The van der Waals surface area contributed by atoms with E-state index < -0.39 is 62.1 Å². The number of amides is 1. The minimum absolute atomic E-state index is 0.0321. The van der Waals surface area contributed by atoms with Crippen molar-refractivity contribution in [2.24, 2.45) is 0 Å². The summed E-state index contributed by atoms with van der Waals surface area (Å²) < 4.78 is 65.9. The third-order valence-corrected chi connectivity index (χ3v) is 7.82. The molecule has 2 N–H and O–H groups in total. The van der Waals surface area contributed by atoms with Crippen LogP contribution < -0.4 is 5.32 Å². The summed E-state index contributed by atoms with van der Waals surface area (Å²) in [6.07, 6.45) is -1.96. The van der Waals surface area contributed by atoms with Gasteiger partial charge in [-0.3, -0.25) is 4.18 Å². The average molecular weight is 558 g/mol. The van der Waals surface area contributed by atoms with Gasteiger partial charge in [-0.1, -0.05) is 48.5 Å². The lowest BCUT2D eigenvalue weighted by atomic mass is 10.1. The number of hydrogen-bond donors (Lipinski definition) is 2. The first-order valence-electron chi connectivity index (χ1n) is 11.6. The molecule has 1 unspecified atom stereocenters. The zero-order valence-electron chi connectivity index (χ0n) is 21.4. The molecule has 2 aromatic carbocycles. The van der Waals surface area contributed by atoms with Crippen molar-refractivity contribution in [3.8, 4) is 0 Å². The molecule has 0 spiro atoms.